The maximum atomic E-state index is 14.1. The number of rotatable bonds is 13. The van der Waals surface area contributed by atoms with E-state index in [4.69, 9.17) is 9.47 Å². The molecule has 0 radical (unpaired) electrons. The van der Waals surface area contributed by atoms with Crippen molar-refractivity contribution >= 4 is 17.8 Å². The molecule has 4 aromatic rings. The lowest BCUT2D eigenvalue weighted by atomic mass is 9.94. The Balaban J connectivity index is 1.64. The van der Waals surface area contributed by atoms with Gasteiger partial charge in [-0.3, -0.25) is 14.4 Å². The van der Waals surface area contributed by atoms with Crippen molar-refractivity contribution in [1.82, 2.24) is 9.80 Å². The second kappa shape index (κ2) is 14.7. The summed E-state index contributed by atoms with van der Waals surface area (Å²) in [6.45, 7) is 0.744. The van der Waals surface area contributed by atoms with E-state index in [1.807, 2.05) is 66.7 Å². The first-order chi connectivity index (χ1) is 20.8. The van der Waals surface area contributed by atoms with Gasteiger partial charge in [0.05, 0.1) is 20.6 Å². The lowest BCUT2D eigenvalue weighted by Crippen LogP contribution is -2.35. The Hall–Kier alpha value is -5.11. The topological polar surface area (TPSA) is 96.4 Å². The predicted molar refractivity (Wildman–Crippen MR) is 166 cm³/mol. The molecule has 8 heteroatoms. The molecule has 0 heterocycles. The molecule has 8 nitrogen and oxygen atoms in total. The van der Waals surface area contributed by atoms with Crippen LogP contribution in [0.3, 0.4) is 0 Å². The Kier molecular flexibility index (Phi) is 10.5. The first-order valence-corrected chi connectivity index (χ1v) is 14.0. The zero-order valence-corrected chi connectivity index (χ0v) is 24.7. The number of carbonyl (C=O) groups excluding carboxylic acids is 2. The standard InChI is InChI=1S/C35H36N2O6/c1-36(24-25-11-5-4-6-12-25)34(40)31-15-9-7-13-29(31)30-14-8-10-16-32(30)35(41)37(20-18-33(38)39)19-17-26-21-27(42-2)23-28(22-26)43-3/h4-16,21-23H,17-20,24H2,1-3H3,(H,38,39). The Morgan fingerprint density at radius 3 is 1.77 bits per heavy atom. The second-order valence-corrected chi connectivity index (χ2v) is 10.1. The maximum Gasteiger partial charge on any atom is 0.305 e. The number of carboxylic acids is 1. The van der Waals surface area contributed by atoms with Gasteiger partial charge in [0.1, 0.15) is 11.5 Å². The highest BCUT2D eigenvalue weighted by molar-refractivity contribution is 6.06. The van der Waals surface area contributed by atoms with Crippen LogP contribution < -0.4 is 9.47 Å². The molecule has 0 spiro atoms. The van der Waals surface area contributed by atoms with E-state index in [2.05, 4.69) is 0 Å². The van der Waals surface area contributed by atoms with E-state index in [1.54, 1.807) is 61.4 Å². The predicted octanol–water partition coefficient (Wildman–Crippen LogP) is 5.80. The number of amides is 2. The van der Waals surface area contributed by atoms with Gasteiger partial charge in [-0.05, 0) is 52.9 Å². The van der Waals surface area contributed by atoms with Gasteiger partial charge in [0, 0.05) is 43.9 Å². The highest BCUT2D eigenvalue weighted by Crippen LogP contribution is 2.30. The van der Waals surface area contributed by atoms with Crippen LogP contribution in [0.15, 0.2) is 97.1 Å². The van der Waals surface area contributed by atoms with E-state index in [0.717, 1.165) is 11.1 Å². The zero-order chi connectivity index (χ0) is 30.8. The molecule has 222 valence electrons. The first-order valence-electron chi connectivity index (χ1n) is 14.0. The Morgan fingerprint density at radius 2 is 1.21 bits per heavy atom. The molecule has 0 saturated carbocycles. The van der Waals surface area contributed by atoms with E-state index in [1.165, 1.54) is 0 Å². The van der Waals surface area contributed by atoms with Crippen LogP contribution in [0.4, 0.5) is 0 Å². The summed E-state index contributed by atoms with van der Waals surface area (Å²) in [7, 11) is 4.89. The molecule has 0 fully saturated rings. The fourth-order valence-corrected chi connectivity index (χ4v) is 4.93. The van der Waals surface area contributed by atoms with Crippen LogP contribution in [-0.4, -0.2) is 67.0 Å². The van der Waals surface area contributed by atoms with Gasteiger partial charge in [-0.1, -0.05) is 66.7 Å². The number of carbonyl (C=O) groups is 3. The van der Waals surface area contributed by atoms with Gasteiger partial charge in [-0.15, -0.1) is 0 Å². The van der Waals surface area contributed by atoms with Crippen molar-refractivity contribution in [1.29, 1.82) is 0 Å². The number of aliphatic carboxylic acids is 1. The van der Waals surface area contributed by atoms with Crippen molar-refractivity contribution in [2.45, 2.75) is 19.4 Å². The van der Waals surface area contributed by atoms with Crippen LogP contribution in [0.1, 0.15) is 38.3 Å². The summed E-state index contributed by atoms with van der Waals surface area (Å²) >= 11 is 0. The smallest absolute Gasteiger partial charge is 0.305 e. The summed E-state index contributed by atoms with van der Waals surface area (Å²) < 4.78 is 10.8. The van der Waals surface area contributed by atoms with Gasteiger partial charge < -0.3 is 24.4 Å². The van der Waals surface area contributed by atoms with E-state index < -0.39 is 5.97 Å². The molecule has 0 unspecified atom stereocenters. The number of nitrogens with zero attached hydrogens (tertiary/aromatic N) is 2. The summed E-state index contributed by atoms with van der Waals surface area (Å²) in [5.74, 6) is -0.224. The number of ether oxygens (including phenoxy) is 2. The fourth-order valence-electron chi connectivity index (χ4n) is 4.93. The lowest BCUT2D eigenvalue weighted by Gasteiger charge is -2.24. The number of methoxy groups -OCH3 is 2. The van der Waals surface area contributed by atoms with Crippen LogP contribution in [0.25, 0.3) is 11.1 Å². The molecule has 0 aliphatic carbocycles. The highest BCUT2D eigenvalue weighted by Gasteiger charge is 2.24. The quantitative estimate of drug-likeness (QED) is 0.215. The lowest BCUT2D eigenvalue weighted by molar-refractivity contribution is -0.137. The van der Waals surface area contributed by atoms with Crippen LogP contribution in [0, 0.1) is 0 Å². The van der Waals surface area contributed by atoms with Crippen molar-refractivity contribution in [3.8, 4) is 22.6 Å². The number of hydrogen-bond acceptors (Lipinski definition) is 5. The minimum absolute atomic E-state index is 0.0317. The van der Waals surface area contributed by atoms with Gasteiger partial charge in [0.2, 0.25) is 0 Å². The summed E-state index contributed by atoms with van der Waals surface area (Å²) in [4.78, 5) is 42.4. The van der Waals surface area contributed by atoms with Gasteiger partial charge in [0.25, 0.3) is 11.8 Å². The average Bonchev–Trinajstić information content (AvgIpc) is 3.04. The van der Waals surface area contributed by atoms with E-state index >= 15 is 0 Å². The molecule has 0 aliphatic heterocycles. The van der Waals surface area contributed by atoms with E-state index in [0.29, 0.717) is 46.7 Å². The number of benzene rings is 4. The van der Waals surface area contributed by atoms with E-state index in [-0.39, 0.29) is 31.3 Å². The monoisotopic (exact) mass is 580 g/mol. The normalized spacial score (nSPS) is 10.6. The second-order valence-electron chi connectivity index (χ2n) is 10.1. The minimum atomic E-state index is -0.994. The average molecular weight is 581 g/mol. The van der Waals surface area contributed by atoms with Crippen molar-refractivity contribution in [2.75, 3.05) is 34.4 Å². The van der Waals surface area contributed by atoms with Crippen molar-refractivity contribution in [3.05, 3.63) is 119 Å². The molecule has 2 amide bonds. The number of hydrogen-bond donors (Lipinski definition) is 1. The third-order valence-corrected chi connectivity index (χ3v) is 7.18. The first kappa shape index (κ1) is 30.8. The number of carboxylic acid groups (broad SMARTS) is 1. The molecule has 1 N–H and O–H groups in total. The van der Waals surface area contributed by atoms with Gasteiger partial charge in [0.15, 0.2) is 0 Å². The van der Waals surface area contributed by atoms with Crippen molar-refractivity contribution in [3.63, 3.8) is 0 Å². The SMILES string of the molecule is COc1cc(CCN(CCC(=O)O)C(=O)c2ccccc2-c2ccccc2C(=O)N(C)Cc2ccccc2)cc(OC)c1. The summed E-state index contributed by atoms with van der Waals surface area (Å²) in [5, 5.41) is 9.41. The molecular weight excluding hydrogens is 544 g/mol. The fraction of sp³-hybridized carbons (Fsp3) is 0.229. The minimum Gasteiger partial charge on any atom is -0.497 e. The maximum absolute atomic E-state index is 14.1. The van der Waals surface area contributed by atoms with E-state index in [9.17, 15) is 19.5 Å². The van der Waals surface area contributed by atoms with Crippen LogP contribution in [0.2, 0.25) is 0 Å². The van der Waals surface area contributed by atoms with Crippen LogP contribution in [0.5, 0.6) is 11.5 Å². The molecule has 0 aliphatic rings. The Bertz CT molecular complexity index is 1550. The summed E-state index contributed by atoms with van der Waals surface area (Å²) in [6.07, 6.45) is 0.259. The Morgan fingerprint density at radius 1 is 0.674 bits per heavy atom. The van der Waals surface area contributed by atoms with Crippen LogP contribution in [-0.2, 0) is 17.8 Å². The molecule has 43 heavy (non-hydrogen) atoms. The third kappa shape index (κ3) is 8.01. The summed E-state index contributed by atoms with van der Waals surface area (Å²) in [5.41, 5.74) is 3.99. The molecule has 0 saturated heterocycles. The third-order valence-electron chi connectivity index (χ3n) is 7.18. The van der Waals surface area contributed by atoms with Gasteiger partial charge in [-0.2, -0.15) is 0 Å². The zero-order valence-electron chi connectivity index (χ0n) is 24.7. The molecule has 0 atom stereocenters. The highest BCUT2D eigenvalue weighted by atomic mass is 16.5. The molecule has 4 aromatic carbocycles. The largest absolute Gasteiger partial charge is 0.497 e. The van der Waals surface area contributed by atoms with Crippen molar-refractivity contribution < 1.29 is 29.0 Å². The van der Waals surface area contributed by atoms with Crippen molar-refractivity contribution in [2.24, 2.45) is 0 Å². The molecule has 4 rings (SSSR count). The Labute approximate surface area is 252 Å². The molecular formula is C35H36N2O6. The van der Waals surface area contributed by atoms with Crippen LogP contribution >= 0.6 is 0 Å². The molecule has 0 aromatic heterocycles. The van der Waals surface area contributed by atoms with Gasteiger partial charge in [-0.25, -0.2) is 0 Å². The van der Waals surface area contributed by atoms with Gasteiger partial charge >= 0.3 is 5.97 Å². The molecule has 0 bridgehead atoms. The summed E-state index contributed by atoms with van der Waals surface area (Å²) in [6, 6.07) is 29.6.